The van der Waals surface area contributed by atoms with Gasteiger partial charge in [-0.3, -0.25) is 14.5 Å². The number of carbonyl (C=O) groups is 2. The zero-order valence-electron chi connectivity index (χ0n) is 15.5. The molecule has 2 aromatic carbocycles. The summed E-state index contributed by atoms with van der Waals surface area (Å²) in [5, 5.41) is 2.85. The lowest BCUT2D eigenvalue weighted by atomic mass is 10.2. The summed E-state index contributed by atoms with van der Waals surface area (Å²) >= 11 is 3.52. The number of nitrogens with zero attached hydrogens (tertiary/aromatic N) is 2. The molecule has 0 aliphatic carbocycles. The van der Waals surface area contributed by atoms with Gasteiger partial charge in [0, 0.05) is 28.8 Å². The maximum Gasteiger partial charge on any atom is 0.238 e. The Bertz CT molecular complexity index is 902. The van der Waals surface area contributed by atoms with E-state index in [9.17, 15) is 9.59 Å². The predicted molar refractivity (Wildman–Crippen MR) is 121 cm³/mol. The standard InChI is InChI=1S/C20H20IN3O3S/c1-3-27-16-6-4-5-15(11-16)22-19(26)17-12-18(25)24(2)20(28-17)23-14-9-7-13(21)8-10-14/h4-11,17H,3,12H2,1-2H3,(H,22,26). The zero-order chi connectivity index (χ0) is 20.1. The van der Waals surface area contributed by atoms with Crippen LogP contribution in [0.5, 0.6) is 5.75 Å². The SMILES string of the molecule is CCOc1cccc(NC(=O)C2CC(=O)N(C)C(=Nc3ccc(I)cc3)S2)c1. The molecule has 2 aromatic rings. The molecular weight excluding hydrogens is 489 g/mol. The third kappa shape index (κ3) is 5.26. The maximum atomic E-state index is 12.7. The van der Waals surface area contributed by atoms with Crippen molar-refractivity contribution in [2.75, 3.05) is 19.0 Å². The van der Waals surface area contributed by atoms with Gasteiger partial charge in [-0.2, -0.15) is 0 Å². The first-order valence-corrected chi connectivity index (χ1v) is 10.7. The van der Waals surface area contributed by atoms with E-state index in [2.05, 4.69) is 32.9 Å². The van der Waals surface area contributed by atoms with Crippen LogP contribution >= 0.6 is 34.4 Å². The molecule has 1 atom stereocenters. The van der Waals surface area contributed by atoms with E-state index in [0.717, 1.165) is 9.26 Å². The van der Waals surface area contributed by atoms with Crippen molar-refractivity contribution in [3.63, 3.8) is 0 Å². The average Bonchev–Trinajstić information content (AvgIpc) is 2.67. The van der Waals surface area contributed by atoms with Gasteiger partial charge in [-0.25, -0.2) is 4.99 Å². The number of amidine groups is 1. The second-order valence-electron chi connectivity index (χ2n) is 6.08. The van der Waals surface area contributed by atoms with Crippen molar-refractivity contribution in [2.45, 2.75) is 18.6 Å². The Labute approximate surface area is 181 Å². The fourth-order valence-corrected chi connectivity index (χ4v) is 4.00. The van der Waals surface area contributed by atoms with Crippen LogP contribution < -0.4 is 10.1 Å². The third-order valence-corrected chi connectivity index (χ3v) is 5.99. The van der Waals surface area contributed by atoms with Crippen molar-refractivity contribution in [3.8, 4) is 5.75 Å². The fraction of sp³-hybridized carbons (Fsp3) is 0.250. The number of rotatable bonds is 5. The lowest BCUT2D eigenvalue weighted by Gasteiger charge is -2.28. The first-order chi connectivity index (χ1) is 13.5. The number of halogens is 1. The van der Waals surface area contributed by atoms with E-state index >= 15 is 0 Å². The molecule has 1 fully saturated rings. The van der Waals surface area contributed by atoms with Crippen LogP contribution in [0.2, 0.25) is 0 Å². The molecule has 2 amide bonds. The number of amides is 2. The second-order valence-corrected chi connectivity index (χ2v) is 8.50. The summed E-state index contributed by atoms with van der Waals surface area (Å²) < 4.78 is 6.56. The van der Waals surface area contributed by atoms with Crippen molar-refractivity contribution < 1.29 is 14.3 Å². The highest BCUT2D eigenvalue weighted by molar-refractivity contribution is 14.1. The molecule has 0 saturated carbocycles. The van der Waals surface area contributed by atoms with Crippen LogP contribution in [0.25, 0.3) is 0 Å². The molecule has 8 heteroatoms. The highest BCUT2D eigenvalue weighted by Crippen LogP contribution is 2.29. The number of nitrogens with one attached hydrogen (secondary N) is 1. The van der Waals surface area contributed by atoms with Gasteiger partial charge in [0.05, 0.1) is 12.3 Å². The van der Waals surface area contributed by atoms with E-state index in [1.807, 2.05) is 43.3 Å². The lowest BCUT2D eigenvalue weighted by Crippen LogP contribution is -2.43. The Morgan fingerprint density at radius 2 is 2.07 bits per heavy atom. The molecule has 146 valence electrons. The predicted octanol–water partition coefficient (Wildman–Crippen LogP) is 4.28. The van der Waals surface area contributed by atoms with Gasteiger partial charge in [-0.05, 0) is 65.9 Å². The van der Waals surface area contributed by atoms with Crippen molar-refractivity contribution in [2.24, 2.45) is 4.99 Å². The molecule has 1 N–H and O–H groups in total. The van der Waals surface area contributed by atoms with Gasteiger partial charge in [0.25, 0.3) is 0 Å². The van der Waals surface area contributed by atoms with E-state index in [1.165, 1.54) is 16.7 Å². The summed E-state index contributed by atoms with van der Waals surface area (Å²) in [5.74, 6) is 0.329. The molecule has 1 aliphatic rings. The molecule has 6 nitrogen and oxygen atoms in total. The van der Waals surface area contributed by atoms with Crippen LogP contribution in [-0.4, -0.2) is 40.8 Å². The normalized spacial score (nSPS) is 18.2. The molecule has 1 aliphatic heterocycles. The Morgan fingerprint density at radius 3 is 2.79 bits per heavy atom. The minimum absolute atomic E-state index is 0.129. The first kappa shape index (κ1) is 20.7. The molecular formula is C20H20IN3O3S. The van der Waals surface area contributed by atoms with Gasteiger partial charge in [0.1, 0.15) is 11.0 Å². The van der Waals surface area contributed by atoms with Gasteiger partial charge in [-0.15, -0.1) is 0 Å². The van der Waals surface area contributed by atoms with E-state index in [0.29, 0.717) is 23.2 Å². The molecule has 1 saturated heterocycles. The van der Waals surface area contributed by atoms with Crippen LogP contribution in [0.15, 0.2) is 53.5 Å². The number of benzene rings is 2. The minimum Gasteiger partial charge on any atom is -0.494 e. The molecule has 28 heavy (non-hydrogen) atoms. The highest BCUT2D eigenvalue weighted by atomic mass is 127. The van der Waals surface area contributed by atoms with Crippen LogP contribution in [0.4, 0.5) is 11.4 Å². The average molecular weight is 509 g/mol. The van der Waals surface area contributed by atoms with Crippen LogP contribution in [0, 0.1) is 3.57 Å². The number of ether oxygens (including phenoxy) is 1. The van der Waals surface area contributed by atoms with Gasteiger partial charge >= 0.3 is 0 Å². The maximum absolute atomic E-state index is 12.7. The number of thioether (sulfide) groups is 1. The smallest absolute Gasteiger partial charge is 0.238 e. The Hall–Kier alpha value is -2.07. The second kappa shape index (κ2) is 9.42. The fourth-order valence-electron chi connectivity index (χ4n) is 2.58. The molecule has 0 bridgehead atoms. The summed E-state index contributed by atoms with van der Waals surface area (Å²) in [6, 6.07) is 14.9. The molecule has 3 rings (SSSR count). The summed E-state index contributed by atoms with van der Waals surface area (Å²) in [4.78, 5) is 31.2. The Kier molecular flexibility index (Phi) is 6.95. The molecule has 1 unspecified atom stereocenters. The number of anilines is 1. The first-order valence-electron chi connectivity index (χ1n) is 8.77. The summed E-state index contributed by atoms with van der Waals surface area (Å²) in [6.45, 7) is 2.45. The quantitative estimate of drug-likeness (QED) is 0.611. The summed E-state index contributed by atoms with van der Waals surface area (Å²) in [6.07, 6.45) is 0.129. The van der Waals surface area contributed by atoms with Crippen LogP contribution in [-0.2, 0) is 9.59 Å². The van der Waals surface area contributed by atoms with Crippen molar-refractivity contribution in [1.29, 1.82) is 0 Å². The van der Waals surface area contributed by atoms with Crippen molar-refractivity contribution >= 4 is 62.7 Å². The summed E-state index contributed by atoms with van der Waals surface area (Å²) in [5.41, 5.74) is 1.38. The largest absolute Gasteiger partial charge is 0.494 e. The molecule has 0 spiro atoms. The topological polar surface area (TPSA) is 71.0 Å². The number of carbonyl (C=O) groups excluding carboxylic acids is 2. The van der Waals surface area contributed by atoms with Crippen LogP contribution in [0.3, 0.4) is 0 Å². The van der Waals surface area contributed by atoms with Gasteiger partial charge in [-0.1, -0.05) is 17.8 Å². The molecule has 0 aromatic heterocycles. The monoisotopic (exact) mass is 509 g/mol. The van der Waals surface area contributed by atoms with E-state index in [1.54, 1.807) is 19.2 Å². The minimum atomic E-state index is -0.540. The van der Waals surface area contributed by atoms with E-state index in [4.69, 9.17) is 4.74 Å². The Morgan fingerprint density at radius 1 is 1.32 bits per heavy atom. The zero-order valence-corrected chi connectivity index (χ0v) is 18.5. The molecule has 0 radical (unpaired) electrons. The van der Waals surface area contributed by atoms with Gasteiger partial charge in [0.2, 0.25) is 11.8 Å². The molecule has 1 heterocycles. The number of hydrogen-bond donors (Lipinski definition) is 1. The van der Waals surface area contributed by atoms with Gasteiger partial charge in [0.15, 0.2) is 5.17 Å². The lowest BCUT2D eigenvalue weighted by molar-refractivity contribution is -0.128. The number of hydrogen-bond acceptors (Lipinski definition) is 5. The highest BCUT2D eigenvalue weighted by Gasteiger charge is 2.34. The van der Waals surface area contributed by atoms with Crippen molar-refractivity contribution in [3.05, 3.63) is 52.1 Å². The Balaban J connectivity index is 1.74. The van der Waals surface area contributed by atoms with Crippen molar-refractivity contribution in [1.82, 2.24) is 4.90 Å². The van der Waals surface area contributed by atoms with E-state index in [-0.39, 0.29) is 18.2 Å². The number of aliphatic imine (C=N–C) groups is 1. The van der Waals surface area contributed by atoms with Crippen LogP contribution in [0.1, 0.15) is 13.3 Å². The van der Waals surface area contributed by atoms with Gasteiger partial charge < -0.3 is 10.1 Å². The third-order valence-electron chi connectivity index (χ3n) is 4.03. The summed E-state index contributed by atoms with van der Waals surface area (Å²) in [7, 11) is 1.68. The van der Waals surface area contributed by atoms with E-state index < -0.39 is 5.25 Å².